The highest BCUT2D eigenvalue weighted by atomic mass is 33.1. The molecule has 8 nitrogen and oxygen atoms in total. The van der Waals surface area contributed by atoms with E-state index in [0.717, 1.165) is 32.0 Å². The quantitative estimate of drug-likeness (QED) is 0.0620. The molecule has 3 aromatic heterocycles. The highest BCUT2D eigenvalue weighted by Crippen LogP contribution is 2.34. The van der Waals surface area contributed by atoms with Gasteiger partial charge in [-0.1, -0.05) is 42.5 Å². The molecule has 236 valence electrons. The van der Waals surface area contributed by atoms with E-state index in [1.165, 1.54) is 0 Å². The summed E-state index contributed by atoms with van der Waals surface area (Å²) in [7, 11) is 1.50. The Bertz CT molecular complexity index is 1360. The van der Waals surface area contributed by atoms with Gasteiger partial charge in [0.15, 0.2) is 0 Å². The highest BCUT2D eigenvalue weighted by Gasteiger charge is 2.09. The third-order valence-corrected chi connectivity index (χ3v) is 8.82. The van der Waals surface area contributed by atoms with Gasteiger partial charge >= 0.3 is 14.2 Å². The molecule has 5 aromatic rings. The van der Waals surface area contributed by atoms with Crippen LogP contribution in [0.2, 0.25) is 0 Å². The second-order valence-electron chi connectivity index (χ2n) is 7.99. The number of aliphatic hydroxyl groups excluding tert-OH is 1. The number of pyridine rings is 3. The summed E-state index contributed by atoms with van der Waals surface area (Å²) in [5, 5.41) is 44.8. The standard InChI is InChI=1S/C10H8N2S2.C7H9BO2S.C6H7BO2S.C6H7NS.CH4O/c1-3-7-11-9(5-1)13-14-10-6-2-4-8-12-10;1-11-7-4-2-6(3-5-7)8(9)10;8-7(9)5-1-3-6(10)4-2-5;1-8-6-4-2-3-5-7-6;1-2/h1-8H;2-5,9-10H,1H3;1-4,8-10H;2-5H,1H3;2H,1H3. The fourth-order valence-corrected chi connectivity index (χ4v) is 5.46. The van der Waals surface area contributed by atoms with Gasteiger partial charge < -0.3 is 25.2 Å². The molecule has 3 heterocycles. The number of rotatable bonds is 7. The van der Waals surface area contributed by atoms with Gasteiger partial charge in [-0.3, -0.25) is 0 Å². The normalized spacial score (nSPS) is 9.36. The lowest BCUT2D eigenvalue weighted by Crippen LogP contribution is -2.29. The van der Waals surface area contributed by atoms with E-state index in [-0.39, 0.29) is 0 Å². The van der Waals surface area contributed by atoms with Gasteiger partial charge in [0.05, 0.1) is 5.03 Å². The van der Waals surface area contributed by atoms with E-state index >= 15 is 0 Å². The lowest BCUT2D eigenvalue weighted by molar-refractivity contribution is 0.399. The fraction of sp³-hybridized carbons (Fsp3) is 0.100. The van der Waals surface area contributed by atoms with Crippen molar-refractivity contribution in [1.82, 2.24) is 15.0 Å². The lowest BCUT2D eigenvalue weighted by atomic mass is 9.81. The first-order valence-electron chi connectivity index (χ1n) is 13.0. The minimum absolute atomic E-state index is 0.484. The van der Waals surface area contributed by atoms with Crippen molar-refractivity contribution in [1.29, 1.82) is 0 Å². The molecule has 0 bridgehead atoms. The van der Waals surface area contributed by atoms with Crippen molar-refractivity contribution in [3.63, 3.8) is 0 Å². The van der Waals surface area contributed by atoms with Gasteiger partial charge in [0.2, 0.25) is 0 Å². The van der Waals surface area contributed by atoms with E-state index in [4.69, 9.17) is 25.2 Å². The van der Waals surface area contributed by atoms with Crippen LogP contribution in [0.1, 0.15) is 0 Å². The van der Waals surface area contributed by atoms with Crippen LogP contribution >= 0.6 is 57.7 Å². The number of hydrogen-bond acceptors (Lipinski definition) is 13. The summed E-state index contributed by atoms with van der Waals surface area (Å²) in [6.07, 6.45) is 9.38. The van der Waals surface area contributed by atoms with Gasteiger partial charge in [-0.05, 0) is 106 Å². The number of thioether (sulfide) groups is 2. The molecule has 15 heteroatoms. The Labute approximate surface area is 287 Å². The molecule has 0 unspecified atom stereocenters. The molecule has 2 aromatic carbocycles. The van der Waals surface area contributed by atoms with Crippen LogP contribution in [0.3, 0.4) is 0 Å². The van der Waals surface area contributed by atoms with Crippen molar-refractivity contribution in [2.45, 2.75) is 24.9 Å². The van der Waals surface area contributed by atoms with Crippen LogP contribution in [0.15, 0.2) is 147 Å². The third-order valence-electron chi connectivity index (χ3n) is 4.94. The van der Waals surface area contributed by atoms with E-state index in [9.17, 15) is 0 Å². The zero-order chi connectivity index (χ0) is 33.3. The van der Waals surface area contributed by atoms with E-state index < -0.39 is 14.2 Å². The van der Waals surface area contributed by atoms with Gasteiger partial charge in [-0.25, -0.2) is 15.0 Å². The van der Waals surface area contributed by atoms with Gasteiger partial charge in [0.25, 0.3) is 0 Å². The summed E-state index contributed by atoms with van der Waals surface area (Å²) in [6.45, 7) is 0. The van der Waals surface area contributed by atoms with Crippen LogP contribution in [0, 0.1) is 0 Å². The average molecular weight is 700 g/mol. The smallest absolute Gasteiger partial charge is 0.423 e. The number of thiol groups is 1. The topological polar surface area (TPSA) is 140 Å². The molecule has 0 spiro atoms. The minimum Gasteiger partial charge on any atom is -0.423 e. The first kappa shape index (κ1) is 40.6. The zero-order valence-corrected chi connectivity index (χ0v) is 29.0. The Morgan fingerprint density at radius 1 is 0.511 bits per heavy atom. The summed E-state index contributed by atoms with van der Waals surface area (Å²) in [6, 6.07) is 31.4. The van der Waals surface area contributed by atoms with Crippen molar-refractivity contribution in [2.24, 2.45) is 0 Å². The molecule has 5 N–H and O–H groups in total. The van der Waals surface area contributed by atoms with Gasteiger partial charge in [0, 0.05) is 35.5 Å². The van der Waals surface area contributed by atoms with Crippen LogP contribution in [0.5, 0.6) is 0 Å². The largest absolute Gasteiger partial charge is 0.488 e. The Morgan fingerprint density at radius 3 is 1.18 bits per heavy atom. The fourth-order valence-electron chi connectivity index (χ4n) is 2.77. The first-order chi connectivity index (χ1) is 21.8. The molecule has 0 amide bonds. The molecule has 0 fully saturated rings. The predicted octanol–water partition coefficient (Wildman–Crippen LogP) is 4.43. The number of benzene rings is 2. The molecule has 0 saturated heterocycles. The van der Waals surface area contributed by atoms with Gasteiger partial charge in [0.1, 0.15) is 10.1 Å². The lowest BCUT2D eigenvalue weighted by Gasteiger charge is -1.99. The summed E-state index contributed by atoms with van der Waals surface area (Å²) in [5.41, 5.74) is 1.01. The molecule has 0 aliphatic rings. The summed E-state index contributed by atoms with van der Waals surface area (Å²) >= 11 is 7.32. The molecule has 0 atom stereocenters. The molecule has 0 radical (unpaired) electrons. The van der Waals surface area contributed by atoms with Crippen molar-refractivity contribution in [3.8, 4) is 0 Å². The van der Waals surface area contributed by atoms with Crippen molar-refractivity contribution in [2.75, 3.05) is 19.6 Å². The number of nitrogens with zero attached hydrogens (tertiary/aromatic N) is 3. The SMILES string of the molecule is CO.CSc1ccc(B(O)O)cc1.CSc1ccccn1.OB(O)c1ccc(S)cc1.c1ccc(SSc2ccccn2)nc1. The van der Waals surface area contributed by atoms with E-state index in [1.807, 2.05) is 79.2 Å². The Balaban J connectivity index is 0.000000300. The summed E-state index contributed by atoms with van der Waals surface area (Å²) in [5.74, 6) is 0. The van der Waals surface area contributed by atoms with Crippen molar-refractivity contribution in [3.05, 3.63) is 122 Å². The van der Waals surface area contributed by atoms with Crippen LogP contribution < -0.4 is 10.9 Å². The van der Waals surface area contributed by atoms with Gasteiger partial charge in [-0.2, -0.15) is 0 Å². The molecule has 0 saturated carbocycles. The average Bonchev–Trinajstić information content (AvgIpc) is 3.10. The monoisotopic (exact) mass is 699 g/mol. The van der Waals surface area contributed by atoms with Crippen LogP contribution in [0.4, 0.5) is 0 Å². The van der Waals surface area contributed by atoms with E-state index in [2.05, 4.69) is 27.6 Å². The molecular weight excluding hydrogens is 664 g/mol. The molecule has 45 heavy (non-hydrogen) atoms. The van der Waals surface area contributed by atoms with Crippen LogP contribution in [-0.2, 0) is 0 Å². The first-order valence-corrected chi connectivity index (χ1v) is 18.1. The maximum absolute atomic E-state index is 8.74. The van der Waals surface area contributed by atoms with E-state index in [0.29, 0.717) is 10.9 Å². The molecular formula is C30H35B2N3O5S5. The second kappa shape index (κ2) is 25.7. The zero-order valence-electron chi connectivity index (χ0n) is 24.9. The number of aromatic nitrogens is 3. The highest BCUT2D eigenvalue weighted by molar-refractivity contribution is 8.76. The number of aliphatic hydroxyl groups is 1. The predicted molar refractivity (Wildman–Crippen MR) is 196 cm³/mol. The Morgan fingerprint density at radius 2 is 0.889 bits per heavy atom. The molecule has 0 aliphatic carbocycles. The van der Waals surface area contributed by atoms with Crippen molar-refractivity contribution < 1.29 is 25.2 Å². The number of hydrogen-bond donors (Lipinski definition) is 6. The maximum atomic E-state index is 8.74. The maximum Gasteiger partial charge on any atom is 0.488 e. The molecule has 5 rings (SSSR count). The molecule has 0 aliphatic heterocycles. The Hall–Kier alpha value is -2.43. The van der Waals surface area contributed by atoms with Crippen LogP contribution in [0.25, 0.3) is 0 Å². The van der Waals surface area contributed by atoms with Crippen molar-refractivity contribution >= 4 is 82.9 Å². The second-order valence-corrected chi connectivity index (χ2v) is 12.4. The third kappa shape index (κ3) is 19.0. The van der Waals surface area contributed by atoms with E-state index in [1.54, 1.807) is 100 Å². The van der Waals surface area contributed by atoms with Crippen LogP contribution in [-0.4, -0.2) is 74.0 Å². The minimum atomic E-state index is -1.38. The summed E-state index contributed by atoms with van der Waals surface area (Å²) in [4.78, 5) is 14.4. The Kier molecular flexibility index (Phi) is 23.2. The van der Waals surface area contributed by atoms with Gasteiger partial charge in [-0.15, -0.1) is 36.2 Å². The summed E-state index contributed by atoms with van der Waals surface area (Å²) < 4.78 is 0.